The van der Waals surface area contributed by atoms with Crippen molar-refractivity contribution < 1.29 is 12.8 Å². The maximum atomic E-state index is 13.1. The normalized spacial score (nSPS) is 23.6. The number of nitrogen functional groups attached to an aromatic ring is 1. The van der Waals surface area contributed by atoms with Gasteiger partial charge in [-0.25, -0.2) is 12.8 Å². The lowest BCUT2D eigenvalue weighted by Crippen LogP contribution is -2.25. The molecule has 1 aromatic carbocycles. The minimum atomic E-state index is -3.31. The Morgan fingerprint density at radius 3 is 2.62 bits per heavy atom. The molecule has 6 heteroatoms. The summed E-state index contributed by atoms with van der Waals surface area (Å²) in [6.45, 7) is 2.23. The van der Waals surface area contributed by atoms with Crippen LogP contribution in [0, 0.1) is 11.7 Å². The average Bonchev–Trinajstić information content (AvgIpc) is 2.37. The van der Waals surface area contributed by atoms with Gasteiger partial charge in [-0.15, -0.1) is 0 Å². The van der Waals surface area contributed by atoms with Gasteiger partial charge in [-0.05, 0) is 24.1 Å². The fourth-order valence-corrected chi connectivity index (χ4v) is 3.82. The van der Waals surface area contributed by atoms with Gasteiger partial charge in [0, 0.05) is 12.2 Å². The fraction of sp³-hybridized carbons (Fsp3) is 0.400. The zero-order valence-electron chi connectivity index (χ0n) is 8.85. The molecule has 1 saturated heterocycles. The maximum absolute atomic E-state index is 13.1. The van der Waals surface area contributed by atoms with Gasteiger partial charge in [-0.1, -0.05) is 6.92 Å². The minimum Gasteiger partial charge on any atom is -0.399 e. The van der Waals surface area contributed by atoms with Crippen LogP contribution in [0.25, 0.3) is 0 Å². The predicted molar refractivity (Wildman–Crippen MR) is 61.1 cm³/mol. The van der Waals surface area contributed by atoms with Crippen LogP contribution < -0.4 is 10.0 Å². The van der Waals surface area contributed by atoms with Crippen molar-refractivity contribution in [2.24, 2.45) is 5.92 Å². The van der Waals surface area contributed by atoms with E-state index in [9.17, 15) is 12.8 Å². The summed E-state index contributed by atoms with van der Waals surface area (Å²) in [7, 11) is -3.31. The molecule has 2 N–H and O–H groups in total. The van der Waals surface area contributed by atoms with Gasteiger partial charge >= 0.3 is 0 Å². The Balaban J connectivity index is 2.45. The molecule has 1 unspecified atom stereocenters. The molecule has 1 atom stereocenters. The molecule has 1 aromatic rings. The maximum Gasteiger partial charge on any atom is 0.235 e. The molecule has 0 saturated carbocycles. The van der Waals surface area contributed by atoms with Gasteiger partial charge < -0.3 is 5.73 Å². The first kappa shape index (κ1) is 11.2. The molecule has 0 spiro atoms. The minimum absolute atomic E-state index is 0.0505. The lowest BCUT2D eigenvalue weighted by molar-refractivity contribution is 0.597. The van der Waals surface area contributed by atoms with Crippen LogP contribution in [0.3, 0.4) is 0 Å². The highest BCUT2D eigenvalue weighted by Crippen LogP contribution is 2.28. The number of halogens is 1. The van der Waals surface area contributed by atoms with Crippen LogP contribution in [0.5, 0.6) is 0 Å². The van der Waals surface area contributed by atoms with E-state index in [1.165, 1.54) is 16.4 Å². The van der Waals surface area contributed by atoms with Crippen LogP contribution in [-0.4, -0.2) is 20.7 Å². The van der Waals surface area contributed by atoms with Crippen molar-refractivity contribution >= 4 is 21.4 Å². The molecule has 0 aromatic heterocycles. The van der Waals surface area contributed by atoms with E-state index in [0.29, 0.717) is 12.2 Å². The van der Waals surface area contributed by atoms with E-state index in [4.69, 9.17) is 5.73 Å². The highest BCUT2D eigenvalue weighted by atomic mass is 32.2. The topological polar surface area (TPSA) is 63.4 Å². The Labute approximate surface area is 93.9 Å². The average molecular weight is 244 g/mol. The number of benzene rings is 1. The summed E-state index contributed by atoms with van der Waals surface area (Å²) < 4.78 is 37.9. The third kappa shape index (κ3) is 1.97. The smallest absolute Gasteiger partial charge is 0.235 e. The Bertz CT molecular complexity index is 495. The fourth-order valence-electron chi connectivity index (χ4n) is 1.91. The van der Waals surface area contributed by atoms with Gasteiger partial charge in [0.25, 0.3) is 0 Å². The van der Waals surface area contributed by atoms with Crippen molar-refractivity contribution in [1.29, 1.82) is 0 Å². The molecule has 88 valence electrons. The highest BCUT2D eigenvalue weighted by molar-refractivity contribution is 7.93. The number of sulfonamides is 1. The van der Waals surface area contributed by atoms with Crippen LogP contribution in [0.4, 0.5) is 15.8 Å². The molecule has 4 nitrogen and oxygen atoms in total. The Kier molecular flexibility index (Phi) is 2.53. The van der Waals surface area contributed by atoms with E-state index >= 15 is 0 Å². The molecule has 1 fully saturated rings. The molecular weight excluding hydrogens is 231 g/mol. The molecule has 16 heavy (non-hydrogen) atoms. The van der Waals surface area contributed by atoms with Crippen LogP contribution >= 0.6 is 0 Å². The molecule has 1 heterocycles. The Hall–Kier alpha value is -1.30. The Morgan fingerprint density at radius 2 is 2.12 bits per heavy atom. The summed E-state index contributed by atoms with van der Waals surface area (Å²) in [6, 6.07) is 3.82. The van der Waals surface area contributed by atoms with Gasteiger partial charge in [0.1, 0.15) is 5.82 Å². The van der Waals surface area contributed by atoms with E-state index in [2.05, 4.69) is 0 Å². The molecule has 0 aliphatic carbocycles. The number of hydrogen-bond acceptors (Lipinski definition) is 3. The quantitative estimate of drug-likeness (QED) is 0.755. The lowest BCUT2D eigenvalue weighted by Gasteiger charge is -2.17. The predicted octanol–water partition coefficient (Wildman–Crippen LogP) is 1.19. The molecule has 2 rings (SSSR count). The van der Waals surface area contributed by atoms with E-state index in [1.807, 2.05) is 6.92 Å². The molecular formula is C10H13FN2O2S. The lowest BCUT2D eigenvalue weighted by atomic mass is 10.2. The second-order valence-electron chi connectivity index (χ2n) is 4.16. The van der Waals surface area contributed by atoms with E-state index in [0.717, 1.165) is 6.07 Å². The first-order valence-electron chi connectivity index (χ1n) is 4.95. The SMILES string of the molecule is CC1CN(c2cc(N)cc(F)c2)S(=O)(=O)C1. The molecule has 0 radical (unpaired) electrons. The summed E-state index contributed by atoms with van der Waals surface area (Å²) in [6.07, 6.45) is 0. The first-order valence-corrected chi connectivity index (χ1v) is 6.56. The van der Waals surface area contributed by atoms with Crippen molar-refractivity contribution in [3.63, 3.8) is 0 Å². The third-order valence-electron chi connectivity index (χ3n) is 2.50. The summed E-state index contributed by atoms with van der Waals surface area (Å²) in [5.74, 6) is -0.372. The van der Waals surface area contributed by atoms with Crippen LogP contribution in [-0.2, 0) is 10.0 Å². The third-order valence-corrected chi connectivity index (χ3v) is 4.52. The molecule has 0 bridgehead atoms. The van der Waals surface area contributed by atoms with Crippen molar-refractivity contribution in [3.05, 3.63) is 24.0 Å². The van der Waals surface area contributed by atoms with Crippen molar-refractivity contribution in [2.45, 2.75) is 6.92 Å². The van der Waals surface area contributed by atoms with E-state index in [1.54, 1.807) is 0 Å². The zero-order chi connectivity index (χ0) is 11.9. The van der Waals surface area contributed by atoms with Crippen molar-refractivity contribution in [3.8, 4) is 0 Å². The largest absolute Gasteiger partial charge is 0.399 e. The standard InChI is InChI=1S/C10H13FN2O2S/c1-7-5-13(16(14,15)6-7)10-3-8(11)2-9(12)4-10/h2-4,7H,5-6,12H2,1H3. The van der Waals surface area contributed by atoms with Gasteiger partial charge in [-0.2, -0.15) is 0 Å². The van der Waals surface area contributed by atoms with E-state index < -0.39 is 15.8 Å². The second kappa shape index (κ2) is 3.62. The van der Waals surface area contributed by atoms with Gasteiger partial charge in [0.15, 0.2) is 0 Å². The monoisotopic (exact) mass is 244 g/mol. The summed E-state index contributed by atoms with van der Waals surface area (Å²) in [5.41, 5.74) is 6.02. The molecule has 0 amide bonds. The number of anilines is 2. The number of hydrogen-bond donors (Lipinski definition) is 1. The van der Waals surface area contributed by atoms with E-state index in [-0.39, 0.29) is 17.4 Å². The van der Waals surface area contributed by atoms with Gasteiger partial charge in [0.05, 0.1) is 11.4 Å². The van der Waals surface area contributed by atoms with Crippen LogP contribution in [0.2, 0.25) is 0 Å². The summed E-state index contributed by atoms with van der Waals surface area (Å²) >= 11 is 0. The highest BCUT2D eigenvalue weighted by Gasteiger charge is 2.33. The van der Waals surface area contributed by atoms with Crippen LogP contribution in [0.1, 0.15) is 6.92 Å². The van der Waals surface area contributed by atoms with Crippen molar-refractivity contribution in [1.82, 2.24) is 0 Å². The number of nitrogens with zero attached hydrogens (tertiary/aromatic N) is 1. The zero-order valence-corrected chi connectivity index (χ0v) is 9.67. The van der Waals surface area contributed by atoms with Gasteiger partial charge in [-0.3, -0.25) is 4.31 Å². The molecule has 1 aliphatic rings. The Morgan fingerprint density at radius 1 is 1.44 bits per heavy atom. The van der Waals surface area contributed by atoms with Gasteiger partial charge in [0.2, 0.25) is 10.0 Å². The second-order valence-corrected chi connectivity index (χ2v) is 6.10. The number of nitrogens with two attached hydrogens (primary N) is 1. The van der Waals surface area contributed by atoms with Crippen LogP contribution in [0.15, 0.2) is 18.2 Å². The number of rotatable bonds is 1. The first-order chi connectivity index (χ1) is 7.38. The summed E-state index contributed by atoms with van der Waals surface area (Å²) in [5, 5.41) is 0. The molecule has 1 aliphatic heterocycles. The summed E-state index contributed by atoms with van der Waals surface area (Å²) in [4.78, 5) is 0. The van der Waals surface area contributed by atoms with Crippen molar-refractivity contribution in [2.75, 3.05) is 22.3 Å².